The Hall–Kier alpha value is -4.03. The van der Waals surface area contributed by atoms with E-state index in [0.717, 1.165) is 57.7 Å². The lowest BCUT2D eigenvalue weighted by atomic mass is 9.72. The van der Waals surface area contributed by atoms with Crippen molar-refractivity contribution in [2.75, 3.05) is 5.32 Å². The molecule has 5 aromatic rings. The van der Waals surface area contributed by atoms with E-state index in [0.29, 0.717) is 23.6 Å². The summed E-state index contributed by atoms with van der Waals surface area (Å²) >= 11 is 1.65. The number of halogens is 1. The molecular formula is C36H36FN3OS. The van der Waals surface area contributed by atoms with Crippen LogP contribution in [-0.2, 0) is 19.4 Å². The van der Waals surface area contributed by atoms with Gasteiger partial charge in [-0.25, -0.2) is 9.38 Å². The van der Waals surface area contributed by atoms with Crippen molar-refractivity contribution < 1.29 is 9.18 Å². The Labute approximate surface area is 250 Å². The zero-order chi connectivity index (χ0) is 29.4. The first-order valence-corrected chi connectivity index (χ1v) is 15.4. The number of aliphatic imine (C=N–C) groups is 1. The summed E-state index contributed by atoms with van der Waals surface area (Å²) in [4.78, 5) is 20.1. The lowest BCUT2D eigenvalue weighted by molar-refractivity contribution is 0.102. The maximum absolute atomic E-state index is 14.6. The number of thiophene rings is 1. The summed E-state index contributed by atoms with van der Waals surface area (Å²) < 4.78 is 16.7. The van der Waals surface area contributed by atoms with Crippen molar-refractivity contribution in [2.24, 2.45) is 16.3 Å². The van der Waals surface area contributed by atoms with E-state index in [1.54, 1.807) is 17.4 Å². The molecule has 0 saturated heterocycles. The van der Waals surface area contributed by atoms with Crippen LogP contribution in [0.3, 0.4) is 0 Å². The highest BCUT2D eigenvalue weighted by atomic mass is 32.1. The zero-order valence-corrected chi connectivity index (χ0v) is 25.4. The lowest BCUT2D eigenvalue weighted by Crippen LogP contribution is -2.27. The van der Waals surface area contributed by atoms with E-state index in [1.165, 1.54) is 10.9 Å². The number of rotatable bonds is 6. The molecule has 214 valence electrons. The second kappa shape index (κ2) is 11.3. The van der Waals surface area contributed by atoms with Crippen molar-refractivity contribution >= 4 is 45.0 Å². The van der Waals surface area contributed by atoms with Gasteiger partial charge in [-0.05, 0) is 67.3 Å². The quantitative estimate of drug-likeness (QED) is 0.201. The van der Waals surface area contributed by atoms with Gasteiger partial charge in [-0.1, -0.05) is 75.4 Å². The number of amides is 1. The summed E-state index contributed by atoms with van der Waals surface area (Å²) in [5.41, 5.74) is 6.46. The van der Waals surface area contributed by atoms with Crippen molar-refractivity contribution in [1.29, 1.82) is 0 Å². The van der Waals surface area contributed by atoms with Crippen LogP contribution in [0.1, 0.15) is 64.8 Å². The van der Waals surface area contributed by atoms with Crippen LogP contribution in [0, 0.1) is 24.1 Å². The van der Waals surface area contributed by atoms with Gasteiger partial charge in [0.25, 0.3) is 5.91 Å². The highest BCUT2D eigenvalue weighted by Gasteiger charge is 2.33. The van der Waals surface area contributed by atoms with Crippen LogP contribution in [0.2, 0.25) is 0 Å². The first-order valence-electron chi connectivity index (χ1n) is 14.6. The van der Waals surface area contributed by atoms with E-state index >= 15 is 0 Å². The molecule has 1 aliphatic rings. The van der Waals surface area contributed by atoms with Gasteiger partial charge in [-0.3, -0.25) is 4.79 Å². The third-order valence-electron chi connectivity index (χ3n) is 8.61. The number of nitrogens with one attached hydrogen (secondary N) is 1. The maximum Gasteiger partial charge on any atom is 0.259 e. The second-order valence-electron chi connectivity index (χ2n) is 12.3. The van der Waals surface area contributed by atoms with Crippen molar-refractivity contribution in [3.63, 3.8) is 0 Å². The van der Waals surface area contributed by atoms with Crippen LogP contribution < -0.4 is 5.32 Å². The van der Waals surface area contributed by atoms with Crippen molar-refractivity contribution in [1.82, 2.24) is 4.57 Å². The van der Waals surface area contributed by atoms with Gasteiger partial charge in [0.2, 0.25) is 0 Å². The Morgan fingerprint density at radius 2 is 1.76 bits per heavy atom. The molecule has 1 aliphatic carbocycles. The minimum absolute atomic E-state index is 0.112. The number of fused-ring (bicyclic) bond motifs is 2. The summed E-state index contributed by atoms with van der Waals surface area (Å²) in [6.07, 6.45) is 4.80. The Morgan fingerprint density at radius 3 is 2.52 bits per heavy atom. The minimum atomic E-state index is -0.211. The van der Waals surface area contributed by atoms with E-state index < -0.39 is 0 Å². The molecule has 0 radical (unpaired) electrons. The first-order chi connectivity index (χ1) is 20.2. The number of carbonyl (C=O) groups excluding carboxylic acids is 1. The van der Waals surface area contributed by atoms with E-state index in [9.17, 15) is 9.18 Å². The largest absolute Gasteiger partial charge is 0.340 e. The summed E-state index contributed by atoms with van der Waals surface area (Å²) in [7, 11) is 0. The number of anilines is 1. The summed E-state index contributed by atoms with van der Waals surface area (Å²) in [5, 5.41) is 4.91. The highest BCUT2D eigenvalue weighted by Crippen LogP contribution is 2.45. The molecule has 0 fully saturated rings. The van der Waals surface area contributed by atoms with Gasteiger partial charge in [0.05, 0.1) is 12.1 Å². The number of aromatic nitrogens is 1. The molecule has 6 heteroatoms. The molecule has 4 nitrogen and oxygen atoms in total. The van der Waals surface area contributed by atoms with Crippen molar-refractivity contribution in [2.45, 2.75) is 53.5 Å². The molecule has 6 rings (SSSR count). The van der Waals surface area contributed by atoms with E-state index in [1.807, 2.05) is 60.8 Å². The molecule has 0 bridgehead atoms. The van der Waals surface area contributed by atoms with Gasteiger partial charge in [0.1, 0.15) is 10.8 Å². The van der Waals surface area contributed by atoms with Crippen LogP contribution >= 0.6 is 11.3 Å². The first kappa shape index (κ1) is 28.1. The lowest BCUT2D eigenvalue weighted by Gasteiger charge is -2.33. The number of hydrogen-bond acceptors (Lipinski definition) is 3. The van der Waals surface area contributed by atoms with Gasteiger partial charge in [-0.15, -0.1) is 11.3 Å². The molecule has 1 amide bonds. The van der Waals surface area contributed by atoms with Crippen LogP contribution in [0.4, 0.5) is 15.1 Å². The smallest absolute Gasteiger partial charge is 0.259 e. The normalized spacial score (nSPS) is 15.3. The minimum Gasteiger partial charge on any atom is -0.340 e. The van der Waals surface area contributed by atoms with Crippen LogP contribution in [0.5, 0.6) is 0 Å². The third kappa shape index (κ3) is 5.43. The van der Waals surface area contributed by atoms with Gasteiger partial charge >= 0.3 is 0 Å². The summed E-state index contributed by atoms with van der Waals surface area (Å²) in [6.45, 7) is 9.40. The highest BCUT2D eigenvalue weighted by molar-refractivity contribution is 7.16. The topological polar surface area (TPSA) is 46.4 Å². The number of hydrogen-bond donors (Lipinski definition) is 1. The fourth-order valence-corrected chi connectivity index (χ4v) is 7.36. The molecule has 0 unspecified atom stereocenters. The molecule has 0 spiro atoms. The Bertz CT molecular complexity index is 1790. The predicted molar refractivity (Wildman–Crippen MR) is 173 cm³/mol. The van der Waals surface area contributed by atoms with E-state index in [4.69, 9.17) is 4.99 Å². The van der Waals surface area contributed by atoms with Crippen molar-refractivity contribution in [3.05, 3.63) is 118 Å². The van der Waals surface area contributed by atoms with E-state index in [2.05, 4.69) is 49.7 Å². The molecule has 0 aliphatic heterocycles. The standard InChI is InChI=1S/C36H36FN3OS/c1-23-29(27-15-9-11-17-31(27)40(23)22-24-12-8-10-16-30(24)37)21-38-35-33(34(41)39-26-13-6-5-7-14-26)28-19-18-25(36(2,3)4)20-32(28)42-35/h5-17,21,25H,18-20,22H2,1-4H3,(H,39,41)/t25-/m0/s1. The van der Waals surface area contributed by atoms with Gasteiger partial charge in [0.15, 0.2) is 0 Å². The fourth-order valence-electron chi connectivity index (χ4n) is 6.10. The molecule has 1 atom stereocenters. The van der Waals surface area contributed by atoms with Crippen molar-refractivity contribution in [3.8, 4) is 0 Å². The second-order valence-corrected chi connectivity index (χ2v) is 13.3. The fraction of sp³-hybridized carbons (Fsp3) is 0.278. The molecule has 3 aromatic carbocycles. The average molecular weight is 578 g/mol. The monoisotopic (exact) mass is 577 g/mol. The third-order valence-corrected chi connectivity index (χ3v) is 9.77. The zero-order valence-electron chi connectivity index (χ0n) is 24.6. The summed E-state index contributed by atoms with van der Waals surface area (Å²) in [5.74, 6) is 0.236. The van der Waals surface area contributed by atoms with Gasteiger partial charge in [0, 0.05) is 44.5 Å². The molecule has 2 heterocycles. The van der Waals surface area contributed by atoms with Gasteiger partial charge < -0.3 is 9.88 Å². The molecule has 2 aromatic heterocycles. The molecule has 1 N–H and O–H groups in total. The Morgan fingerprint density at radius 1 is 1.05 bits per heavy atom. The van der Waals surface area contributed by atoms with Crippen LogP contribution in [-0.4, -0.2) is 16.7 Å². The van der Waals surface area contributed by atoms with E-state index in [-0.39, 0.29) is 17.1 Å². The summed E-state index contributed by atoms with van der Waals surface area (Å²) in [6, 6.07) is 24.7. The molecular weight excluding hydrogens is 541 g/mol. The van der Waals surface area contributed by atoms with Crippen LogP contribution in [0.25, 0.3) is 10.9 Å². The maximum atomic E-state index is 14.6. The Kier molecular flexibility index (Phi) is 7.58. The molecule has 42 heavy (non-hydrogen) atoms. The number of carbonyl (C=O) groups is 1. The van der Waals surface area contributed by atoms with Crippen LogP contribution in [0.15, 0.2) is 83.9 Å². The number of para-hydroxylation sites is 2. The SMILES string of the molecule is Cc1c(C=Nc2sc3c(c2C(=O)Nc2ccccc2)CC[C@H](C(C)(C)C)C3)c2ccccc2n1Cc1ccccc1F. The number of nitrogens with zero attached hydrogens (tertiary/aromatic N) is 2. The average Bonchev–Trinajstić information content (AvgIpc) is 3.47. The number of benzene rings is 3. The Balaban J connectivity index is 1.41. The predicted octanol–water partition coefficient (Wildman–Crippen LogP) is 9.35. The van der Waals surface area contributed by atoms with Gasteiger partial charge in [-0.2, -0.15) is 0 Å². The molecule has 0 saturated carbocycles.